The van der Waals surface area contributed by atoms with Gasteiger partial charge in [0.25, 0.3) is 10.0 Å². The van der Waals surface area contributed by atoms with E-state index in [0.717, 1.165) is 0 Å². The Morgan fingerprint density at radius 3 is 1.89 bits per heavy atom. The van der Waals surface area contributed by atoms with Crippen molar-refractivity contribution < 1.29 is 17.6 Å². The molecule has 0 aliphatic carbocycles. The Morgan fingerprint density at radius 2 is 1.46 bits per heavy atom. The fourth-order valence-electron chi connectivity index (χ4n) is 2.99. The molecule has 0 bridgehead atoms. The summed E-state index contributed by atoms with van der Waals surface area (Å²) in [6, 6.07) is 1.76. The van der Waals surface area contributed by atoms with Gasteiger partial charge < -0.3 is 5.32 Å². The smallest absolute Gasteiger partial charge is 0.307 e. The number of carbonyl (C=O) groups excluding carboxylic acids is 1. The van der Waals surface area contributed by atoms with E-state index in [4.69, 9.17) is 0 Å². The van der Waals surface area contributed by atoms with E-state index in [1.165, 1.54) is 32.3 Å². The molecule has 2 aromatic rings. The van der Waals surface area contributed by atoms with Crippen LogP contribution in [0.15, 0.2) is 23.4 Å². The number of amides is 2. The Labute approximate surface area is 164 Å². The number of aromatic nitrogens is 2. The molecule has 0 saturated heterocycles. The molecular formula is C19H25FN4O3S. The average Bonchev–Trinajstić information content (AvgIpc) is 2.54. The molecule has 1 aromatic heterocycles. The number of hydrogen-bond donors (Lipinski definition) is 2. The number of urea groups is 1. The first-order valence-electron chi connectivity index (χ1n) is 8.89. The van der Waals surface area contributed by atoms with Crippen LogP contribution in [0.4, 0.5) is 14.9 Å². The molecule has 0 saturated carbocycles. The number of nitrogens with one attached hydrogen (secondary N) is 2. The maximum atomic E-state index is 14.0. The maximum absolute atomic E-state index is 14.0. The Balaban J connectivity index is 2.40. The molecule has 28 heavy (non-hydrogen) atoms. The van der Waals surface area contributed by atoms with Gasteiger partial charge in [0.15, 0.2) is 0 Å². The summed E-state index contributed by atoms with van der Waals surface area (Å²) in [7, 11) is -4.18. The van der Waals surface area contributed by atoms with Crippen LogP contribution in [0.3, 0.4) is 0 Å². The Kier molecular flexibility index (Phi) is 6.38. The van der Waals surface area contributed by atoms with Crippen LogP contribution in [-0.4, -0.2) is 24.4 Å². The van der Waals surface area contributed by atoms with Gasteiger partial charge in [-0.3, -0.25) is 0 Å². The Hall–Kier alpha value is -2.55. The number of nitrogens with zero attached hydrogens (tertiary/aromatic N) is 2. The summed E-state index contributed by atoms with van der Waals surface area (Å²) in [4.78, 5) is 20.1. The molecule has 0 fully saturated rings. The van der Waals surface area contributed by atoms with E-state index in [1.807, 2.05) is 32.4 Å². The van der Waals surface area contributed by atoms with Crippen molar-refractivity contribution in [3.05, 3.63) is 46.8 Å². The number of sulfonamides is 1. The van der Waals surface area contributed by atoms with Crippen molar-refractivity contribution >= 4 is 21.7 Å². The summed E-state index contributed by atoms with van der Waals surface area (Å²) >= 11 is 0. The Bertz CT molecular complexity index is 955. The Morgan fingerprint density at radius 1 is 1.00 bits per heavy atom. The van der Waals surface area contributed by atoms with Crippen LogP contribution in [0.2, 0.25) is 0 Å². The summed E-state index contributed by atoms with van der Waals surface area (Å²) in [6.45, 7) is 10.5. The molecule has 0 aliphatic heterocycles. The van der Waals surface area contributed by atoms with Crippen LogP contribution in [0.25, 0.3) is 0 Å². The number of rotatable bonds is 5. The molecule has 1 aromatic carbocycles. The highest BCUT2D eigenvalue weighted by molar-refractivity contribution is 7.90. The van der Waals surface area contributed by atoms with Gasteiger partial charge in [-0.15, -0.1) is 0 Å². The highest BCUT2D eigenvalue weighted by atomic mass is 32.2. The second-order valence-corrected chi connectivity index (χ2v) is 8.82. The van der Waals surface area contributed by atoms with Gasteiger partial charge in [-0.05, 0) is 48.9 Å². The number of halogens is 1. The van der Waals surface area contributed by atoms with Crippen molar-refractivity contribution in [2.24, 2.45) is 0 Å². The van der Waals surface area contributed by atoms with Gasteiger partial charge in [0.2, 0.25) is 0 Å². The molecule has 1 heterocycles. The monoisotopic (exact) mass is 408 g/mol. The van der Waals surface area contributed by atoms with Crippen molar-refractivity contribution in [2.75, 3.05) is 5.32 Å². The lowest BCUT2D eigenvalue weighted by molar-refractivity contribution is 0.256. The molecule has 9 heteroatoms. The van der Waals surface area contributed by atoms with Crippen molar-refractivity contribution in [1.82, 2.24) is 14.7 Å². The summed E-state index contributed by atoms with van der Waals surface area (Å²) < 4.78 is 41.3. The zero-order chi connectivity index (χ0) is 21.2. The summed E-state index contributed by atoms with van der Waals surface area (Å²) in [5.74, 6) is -0.557. The highest BCUT2D eigenvalue weighted by Gasteiger charge is 2.25. The molecule has 2 amide bonds. The SMILES string of the molecule is Cc1ncnc(C)c1S(=O)(=O)NC(=O)Nc1c(C(C)C)cc(F)cc1C(C)C. The number of anilines is 1. The first kappa shape index (κ1) is 21.7. The second kappa shape index (κ2) is 8.22. The van der Waals surface area contributed by atoms with Crippen molar-refractivity contribution in [1.29, 1.82) is 0 Å². The lowest BCUT2D eigenvalue weighted by Crippen LogP contribution is -2.36. The van der Waals surface area contributed by atoms with E-state index in [1.54, 1.807) is 0 Å². The molecule has 0 spiro atoms. The number of carbonyl (C=O) groups is 1. The third-order valence-corrected chi connectivity index (χ3v) is 5.88. The fraction of sp³-hybridized carbons (Fsp3) is 0.421. The molecular weight excluding hydrogens is 383 g/mol. The minimum Gasteiger partial charge on any atom is -0.307 e. The van der Waals surface area contributed by atoms with E-state index < -0.39 is 21.9 Å². The molecule has 0 atom stereocenters. The minimum atomic E-state index is -4.18. The predicted octanol–water partition coefficient (Wildman–Crippen LogP) is 3.99. The third kappa shape index (κ3) is 4.64. The first-order chi connectivity index (χ1) is 12.9. The molecule has 0 radical (unpaired) electrons. The van der Waals surface area contributed by atoms with Gasteiger partial charge in [-0.1, -0.05) is 27.7 Å². The first-order valence-corrected chi connectivity index (χ1v) is 10.4. The van der Waals surface area contributed by atoms with Crippen molar-refractivity contribution in [3.8, 4) is 0 Å². The number of hydrogen-bond acceptors (Lipinski definition) is 5. The van der Waals surface area contributed by atoms with Crippen molar-refractivity contribution in [2.45, 2.75) is 58.3 Å². The second-order valence-electron chi connectivity index (χ2n) is 7.20. The summed E-state index contributed by atoms with van der Waals surface area (Å²) in [5, 5.41) is 2.60. The molecule has 2 N–H and O–H groups in total. The van der Waals surface area contributed by atoms with E-state index >= 15 is 0 Å². The quantitative estimate of drug-likeness (QED) is 0.779. The lowest BCUT2D eigenvalue weighted by Gasteiger charge is -2.21. The molecule has 7 nitrogen and oxygen atoms in total. The normalized spacial score (nSPS) is 11.8. The predicted molar refractivity (Wildman–Crippen MR) is 105 cm³/mol. The zero-order valence-electron chi connectivity index (χ0n) is 16.8. The van der Waals surface area contributed by atoms with Crippen LogP contribution in [0.5, 0.6) is 0 Å². The minimum absolute atomic E-state index is 0.0767. The van der Waals surface area contributed by atoms with Gasteiger partial charge in [-0.2, -0.15) is 0 Å². The van der Waals surface area contributed by atoms with Crippen LogP contribution < -0.4 is 10.0 Å². The standard InChI is InChI=1S/C19H25FN4O3S/c1-10(2)15-7-14(20)8-16(11(3)4)17(15)23-19(25)24-28(26,27)18-12(5)21-9-22-13(18)6/h7-11H,1-6H3,(H2,23,24,25). The van der Waals surface area contributed by atoms with Gasteiger partial charge in [0, 0.05) is 5.69 Å². The van der Waals surface area contributed by atoms with Gasteiger partial charge >= 0.3 is 6.03 Å². The lowest BCUT2D eigenvalue weighted by atomic mass is 9.92. The van der Waals surface area contributed by atoms with Crippen LogP contribution in [-0.2, 0) is 10.0 Å². The average molecular weight is 408 g/mol. The summed E-state index contributed by atoms with van der Waals surface area (Å²) in [5.41, 5.74) is 2.07. The van der Waals surface area contributed by atoms with Crippen LogP contribution in [0.1, 0.15) is 62.0 Å². The highest BCUT2D eigenvalue weighted by Crippen LogP contribution is 2.33. The van der Waals surface area contributed by atoms with Crippen LogP contribution >= 0.6 is 0 Å². The van der Waals surface area contributed by atoms with E-state index in [9.17, 15) is 17.6 Å². The van der Waals surface area contributed by atoms with Crippen LogP contribution in [0, 0.1) is 19.7 Å². The van der Waals surface area contributed by atoms with Gasteiger partial charge in [0.1, 0.15) is 17.0 Å². The fourth-order valence-corrected chi connectivity index (χ4v) is 4.27. The zero-order valence-corrected chi connectivity index (χ0v) is 17.6. The molecule has 152 valence electrons. The van der Waals surface area contributed by atoms with E-state index in [2.05, 4.69) is 15.3 Å². The van der Waals surface area contributed by atoms with Gasteiger partial charge in [0.05, 0.1) is 11.4 Å². The van der Waals surface area contributed by atoms with Gasteiger partial charge in [-0.25, -0.2) is 32.3 Å². The topological polar surface area (TPSA) is 101 Å². The third-order valence-electron chi connectivity index (χ3n) is 4.30. The largest absolute Gasteiger partial charge is 0.333 e. The molecule has 0 aliphatic rings. The number of benzene rings is 1. The van der Waals surface area contributed by atoms with E-state index in [0.29, 0.717) is 16.8 Å². The maximum Gasteiger partial charge on any atom is 0.333 e. The molecule has 0 unspecified atom stereocenters. The van der Waals surface area contributed by atoms with Crippen molar-refractivity contribution in [3.63, 3.8) is 0 Å². The molecule has 2 rings (SSSR count). The number of aryl methyl sites for hydroxylation is 2. The van der Waals surface area contributed by atoms with E-state index in [-0.39, 0.29) is 28.1 Å². The summed E-state index contributed by atoms with van der Waals surface area (Å²) in [6.07, 6.45) is 1.26.